The smallest absolute Gasteiger partial charge is 0.257 e. The highest BCUT2D eigenvalue weighted by Gasteiger charge is 2.04. The summed E-state index contributed by atoms with van der Waals surface area (Å²) in [6, 6.07) is 0. The molecular formula is C6H7ClF2N2. The van der Waals surface area contributed by atoms with E-state index in [9.17, 15) is 8.78 Å². The number of rotatable bonds is 3. The predicted molar refractivity (Wildman–Crippen MR) is 37.8 cm³/mol. The molecule has 0 amide bonds. The first-order valence-corrected chi connectivity index (χ1v) is 3.61. The number of hydrogen-bond acceptors (Lipinski definition) is 1. The standard InChI is InChI=1S/C6H7ClF2N2/c7-1-5-2-10-11(3-5)4-6(8)9/h2-3,6H,1,4H2. The van der Waals surface area contributed by atoms with Gasteiger partial charge in [0.2, 0.25) is 0 Å². The van der Waals surface area contributed by atoms with Gasteiger partial charge in [0.05, 0.1) is 12.1 Å². The summed E-state index contributed by atoms with van der Waals surface area (Å²) >= 11 is 5.44. The molecule has 0 spiro atoms. The molecule has 0 fully saturated rings. The van der Waals surface area contributed by atoms with Gasteiger partial charge in [-0.3, -0.25) is 4.68 Å². The van der Waals surface area contributed by atoms with E-state index in [0.29, 0.717) is 5.88 Å². The van der Waals surface area contributed by atoms with Crippen LogP contribution in [0.15, 0.2) is 12.4 Å². The van der Waals surface area contributed by atoms with Crippen molar-refractivity contribution in [3.8, 4) is 0 Å². The van der Waals surface area contributed by atoms with Gasteiger partial charge in [0.1, 0.15) is 6.54 Å². The molecule has 0 N–H and O–H groups in total. The summed E-state index contributed by atoms with van der Waals surface area (Å²) in [5.74, 6) is 0.309. The van der Waals surface area contributed by atoms with Crippen molar-refractivity contribution in [1.82, 2.24) is 9.78 Å². The highest BCUT2D eigenvalue weighted by molar-refractivity contribution is 6.17. The van der Waals surface area contributed by atoms with E-state index in [1.54, 1.807) is 0 Å². The first-order chi connectivity index (χ1) is 5.22. The Labute approximate surface area is 67.8 Å². The second kappa shape index (κ2) is 3.67. The van der Waals surface area contributed by atoms with Gasteiger partial charge in [0.15, 0.2) is 0 Å². The maximum atomic E-state index is 11.7. The van der Waals surface area contributed by atoms with E-state index in [2.05, 4.69) is 5.10 Å². The number of alkyl halides is 3. The number of nitrogens with zero attached hydrogens (tertiary/aromatic N) is 2. The van der Waals surface area contributed by atoms with E-state index in [1.807, 2.05) is 0 Å². The first-order valence-electron chi connectivity index (χ1n) is 3.08. The van der Waals surface area contributed by atoms with E-state index in [-0.39, 0.29) is 6.54 Å². The van der Waals surface area contributed by atoms with E-state index < -0.39 is 6.43 Å². The van der Waals surface area contributed by atoms with Crippen LogP contribution in [-0.4, -0.2) is 16.2 Å². The maximum absolute atomic E-state index is 11.7. The van der Waals surface area contributed by atoms with Gasteiger partial charge in [0.25, 0.3) is 6.43 Å². The summed E-state index contributed by atoms with van der Waals surface area (Å²) in [7, 11) is 0. The Kier molecular flexibility index (Phi) is 2.82. The molecule has 11 heavy (non-hydrogen) atoms. The zero-order chi connectivity index (χ0) is 8.27. The molecule has 5 heteroatoms. The van der Waals surface area contributed by atoms with Crippen LogP contribution in [0.2, 0.25) is 0 Å². The number of aromatic nitrogens is 2. The molecule has 1 rings (SSSR count). The monoisotopic (exact) mass is 180 g/mol. The summed E-state index contributed by atoms with van der Waals surface area (Å²) < 4.78 is 24.7. The molecule has 2 nitrogen and oxygen atoms in total. The summed E-state index contributed by atoms with van der Waals surface area (Å²) in [5, 5.41) is 3.68. The molecule has 1 aromatic rings. The van der Waals surface area contributed by atoms with Crippen molar-refractivity contribution in [3.05, 3.63) is 18.0 Å². The SMILES string of the molecule is FC(F)Cn1cc(CCl)cn1. The third kappa shape index (κ3) is 2.46. The lowest BCUT2D eigenvalue weighted by Crippen LogP contribution is -2.06. The van der Waals surface area contributed by atoms with Crippen LogP contribution in [0, 0.1) is 0 Å². The molecule has 0 unspecified atom stereocenters. The fourth-order valence-electron chi connectivity index (χ4n) is 0.717. The normalized spacial score (nSPS) is 10.9. The van der Waals surface area contributed by atoms with Crippen LogP contribution in [0.1, 0.15) is 5.56 Å². The van der Waals surface area contributed by atoms with Crippen LogP contribution in [0.4, 0.5) is 8.78 Å². The molecule has 0 aliphatic heterocycles. The minimum absolute atomic E-state index is 0.309. The summed E-state index contributed by atoms with van der Waals surface area (Å²) in [6.07, 6.45) is 0.632. The number of halogens is 3. The second-order valence-corrected chi connectivity index (χ2v) is 2.36. The van der Waals surface area contributed by atoms with Gasteiger partial charge in [-0.25, -0.2) is 8.78 Å². The Balaban J connectivity index is 2.58. The third-order valence-corrected chi connectivity index (χ3v) is 1.47. The zero-order valence-corrected chi connectivity index (χ0v) is 6.43. The molecule has 0 aromatic carbocycles. The molecule has 0 radical (unpaired) electrons. The Bertz CT molecular complexity index is 224. The van der Waals surface area contributed by atoms with Gasteiger partial charge in [-0.1, -0.05) is 0 Å². The third-order valence-electron chi connectivity index (χ3n) is 1.17. The number of hydrogen-bond donors (Lipinski definition) is 0. The minimum atomic E-state index is -2.36. The summed E-state index contributed by atoms with van der Waals surface area (Å²) in [4.78, 5) is 0. The van der Waals surface area contributed by atoms with Gasteiger partial charge in [-0.05, 0) is 0 Å². The van der Waals surface area contributed by atoms with Crippen LogP contribution in [-0.2, 0) is 12.4 Å². The van der Waals surface area contributed by atoms with Crippen LogP contribution >= 0.6 is 11.6 Å². The molecular weight excluding hydrogens is 174 g/mol. The van der Waals surface area contributed by atoms with Gasteiger partial charge in [-0.2, -0.15) is 5.10 Å². The lowest BCUT2D eigenvalue weighted by atomic mass is 10.4. The van der Waals surface area contributed by atoms with Crippen molar-refractivity contribution >= 4 is 11.6 Å². The Hall–Kier alpha value is -0.640. The van der Waals surface area contributed by atoms with Gasteiger partial charge < -0.3 is 0 Å². The molecule has 0 aliphatic carbocycles. The minimum Gasteiger partial charge on any atom is -0.267 e. The molecule has 0 bridgehead atoms. The quantitative estimate of drug-likeness (QED) is 0.650. The van der Waals surface area contributed by atoms with Crippen molar-refractivity contribution < 1.29 is 8.78 Å². The zero-order valence-electron chi connectivity index (χ0n) is 5.67. The van der Waals surface area contributed by atoms with Gasteiger partial charge >= 0.3 is 0 Å². The van der Waals surface area contributed by atoms with Crippen molar-refractivity contribution in [2.45, 2.75) is 18.9 Å². The Morgan fingerprint density at radius 3 is 2.82 bits per heavy atom. The largest absolute Gasteiger partial charge is 0.267 e. The van der Waals surface area contributed by atoms with Crippen LogP contribution in [0.3, 0.4) is 0 Å². The average molecular weight is 181 g/mol. The van der Waals surface area contributed by atoms with E-state index in [4.69, 9.17) is 11.6 Å². The maximum Gasteiger partial charge on any atom is 0.257 e. The van der Waals surface area contributed by atoms with E-state index in [1.165, 1.54) is 17.1 Å². The van der Waals surface area contributed by atoms with Crippen molar-refractivity contribution in [1.29, 1.82) is 0 Å². The van der Waals surface area contributed by atoms with Crippen molar-refractivity contribution in [2.75, 3.05) is 0 Å². The molecule has 0 aliphatic rings. The topological polar surface area (TPSA) is 17.8 Å². The Morgan fingerprint density at radius 1 is 1.64 bits per heavy atom. The molecule has 1 heterocycles. The summed E-state index contributed by atoms with van der Waals surface area (Å²) in [5.41, 5.74) is 0.757. The summed E-state index contributed by atoms with van der Waals surface area (Å²) in [6.45, 7) is -0.364. The van der Waals surface area contributed by atoms with E-state index >= 15 is 0 Å². The average Bonchev–Trinajstić information content (AvgIpc) is 2.34. The Morgan fingerprint density at radius 2 is 2.36 bits per heavy atom. The van der Waals surface area contributed by atoms with Crippen LogP contribution in [0.5, 0.6) is 0 Å². The fourth-order valence-corrected chi connectivity index (χ4v) is 0.855. The molecule has 0 saturated carbocycles. The van der Waals surface area contributed by atoms with Crippen LogP contribution in [0.25, 0.3) is 0 Å². The predicted octanol–water partition coefficient (Wildman–Crippen LogP) is 1.89. The molecule has 0 saturated heterocycles. The van der Waals surface area contributed by atoms with E-state index in [0.717, 1.165) is 5.56 Å². The van der Waals surface area contributed by atoms with Crippen molar-refractivity contribution in [3.63, 3.8) is 0 Å². The second-order valence-electron chi connectivity index (χ2n) is 2.10. The molecule has 0 atom stereocenters. The first kappa shape index (κ1) is 8.46. The lowest BCUT2D eigenvalue weighted by molar-refractivity contribution is 0.122. The van der Waals surface area contributed by atoms with Crippen LogP contribution < -0.4 is 0 Å². The molecule has 1 aromatic heterocycles. The highest BCUT2D eigenvalue weighted by atomic mass is 35.5. The fraction of sp³-hybridized carbons (Fsp3) is 0.500. The molecule has 62 valence electrons. The highest BCUT2D eigenvalue weighted by Crippen LogP contribution is 2.03. The lowest BCUT2D eigenvalue weighted by Gasteiger charge is -1.97. The van der Waals surface area contributed by atoms with Gasteiger partial charge in [-0.15, -0.1) is 11.6 Å². The van der Waals surface area contributed by atoms with Gasteiger partial charge in [0, 0.05) is 11.8 Å². The van der Waals surface area contributed by atoms with Crippen molar-refractivity contribution in [2.24, 2.45) is 0 Å².